The fourth-order valence-electron chi connectivity index (χ4n) is 1.08. The second-order valence-electron chi connectivity index (χ2n) is 3.60. The molecule has 0 fully saturated rings. The van der Waals surface area contributed by atoms with Gasteiger partial charge < -0.3 is 0 Å². The summed E-state index contributed by atoms with van der Waals surface area (Å²) in [4.78, 5) is 2.11. The molecule has 1 rings (SSSR count). The molecule has 0 unspecified atom stereocenters. The summed E-state index contributed by atoms with van der Waals surface area (Å²) in [5.74, 6) is -0.116. The van der Waals surface area contributed by atoms with Crippen LogP contribution in [0, 0.1) is 5.82 Å². The van der Waals surface area contributed by atoms with Gasteiger partial charge in [0.1, 0.15) is 5.82 Å². The summed E-state index contributed by atoms with van der Waals surface area (Å²) in [6.07, 6.45) is 0. The molecular formula is C13H22FN. The molecule has 0 heterocycles. The van der Waals surface area contributed by atoms with E-state index < -0.39 is 0 Å². The van der Waals surface area contributed by atoms with Crippen molar-refractivity contribution in [2.24, 2.45) is 0 Å². The fourth-order valence-corrected chi connectivity index (χ4v) is 1.08. The van der Waals surface area contributed by atoms with Crippen LogP contribution in [0.2, 0.25) is 0 Å². The highest BCUT2D eigenvalue weighted by atomic mass is 19.1. The SMILES string of the molecule is CC.CC(C)N(C)Cc1ccccc1F. The smallest absolute Gasteiger partial charge is 0.127 e. The topological polar surface area (TPSA) is 3.24 Å². The van der Waals surface area contributed by atoms with Crippen LogP contribution in [-0.2, 0) is 6.54 Å². The van der Waals surface area contributed by atoms with E-state index >= 15 is 0 Å². The highest BCUT2D eigenvalue weighted by molar-refractivity contribution is 5.16. The first-order valence-corrected chi connectivity index (χ1v) is 5.55. The Morgan fingerprint density at radius 2 is 1.73 bits per heavy atom. The van der Waals surface area contributed by atoms with Crippen LogP contribution >= 0.6 is 0 Å². The zero-order valence-corrected chi connectivity index (χ0v) is 10.4. The Morgan fingerprint density at radius 3 is 2.20 bits per heavy atom. The van der Waals surface area contributed by atoms with Gasteiger partial charge in [0.25, 0.3) is 0 Å². The molecule has 0 aliphatic heterocycles. The third kappa shape index (κ3) is 4.93. The van der Waals surface area contributed by atoms with Gasteiger partial charge >= 0.3 is 0 Å². The zero-order valence-electron chi connectivity index (χ0n) is 10.4. The molecule has 0 radical (unpaired) electrons. The summed E-state index contributed by atoms with van der Waals surface area (Å²) >= 11 is 0. The second kappa shape index (κ2) is 7.41. The van der Waals surface area contributed by atoms with Crippen LogP contribution in [-0.4, -0.2) is 18.0 Å². The Balaban J connectivity index is 0.000000921. The third-order valence-corrected chi connectivity index (χ3v) is 2.26. The van der Waals surface area contributed by atoms with E-state index in [2.05, 4.69) is 18.7 Å². The van der Waals surface area contributed by atoms with Crippen molar-refractivity contribution >= 4 is 0 Å². The molecule has 2 heteroatoms. The lowest BCUT2D eigenvalue weighted by Crippen LogP contribution is -2.25. The largest absolute Gasteiger partial charge is 0.300 e. The molecule has 1 aromatic carbocycles. The first-order valence-electron chi connectivity index (χ1n) is 5.55. The fraction of sp³-hybridized carbons (Fsp3) is 0.538. The van der Waals surface area contributed by atoms with E-state index in [1.54, 1.807) is 6.07 Å². The molecule has 0 aliphatic carbocycles. The first kappa shape index (κ1) is 14.1. The van der Waals surface area contributed by atoms with Crippen molar-refractivity contribution < 1.29 is 4.39 Å². The van der Waals surface area contributed by atoms with Crippen molar-refractivity contribution in [3.05, 3.63) is 35.6 Å². The molecule has 0 bridgehead atoms. The molecule has 15 heavy (non-hydrogen) atoms. The standard InChI is InChI=1S/C11H16FN.C2H6/c1-9(2)13(3)8-10-6-4-5-7-11(10)12;1-2/h4-7,9H,8H2,1-3H3;1-2H3. The zero-order chi connectivity index (χ0) is 11.8. The molecule has 0 aliphatic rings. The number of benzene rings is 1. The van der Waals surface area contributed by atoms with Gasteiger partial charge in [0, 0.05) is 18.2 Å². The minimum absolute atomic E-state index is 0.116. The van der Waals surface area contributed by atoms with Gasteiger partial charge in [-0.2, -0.15) is 0 Å². The third-order valence-electron chi connectivity index (χ3n) is 2.26. The average Bonchev–Trinajstić information content (AvgIpc) is 2.24. The highest BCUT2D eigenvalue weighted by Crippen LogP contribution is 2.10. The minimum Gasteiger partial charge on any atom is -0.300 e. The van der Waals surface area contributed by atoms with Crippen LogP contribution in [0.5, 0.6) is 0 Å². The quantitative estimate of drug-likeness (QED) is 0.737. The van der Waals surface area contributed by atoms with Crippen LogP contribution in [0.3, 0.4) is 0 Å². The maximum absolute atomic E-state index is 13.2. The molecule has 0 spiro atoms. The van der Waals surface area contributed by atoms with Gasteiger partial charge in [-0.3, -0.25) is 4.90 Å². The first-order chi connectivity index (χ1) is 7.11. The molecule has 0 saturated carbocycles. The van der Waals surface area contributed by atoms with Gasteiger partial charge in [0.2, 0.25) is 0 Å². The lowest BCUT2D eigenvalue weighted by Gasteiger charge is -2.21. The molecule has 0 amide bonds. The normalized spacial score (nSPS) is 10.1. The molecule has 1 nitrogen and oxygen atoms in total. The maximum Gasteiger partial charge on any atom is 0.127 e. The number of rotatable bonds is 3. The summed E-state index contributed by atoms with van der Waals surface area (Å²) in [6.45, 7) is 8.87. The van der Waals surface area contributed by atoms with Gasteiger partial charge in [0.15, 0.2) is 0 Å². The van der Waals surface area contributed by atoms with E-state index in [1.165, 1.54) is 6.07 Å². The minimum atomic E-state index is -0.116. The van der Waals surface area contributed by atoms with Crippen molar-refractivity contribution in [2.45, 2.75) is 40.3 Å². The Hall–Kier alpha value is -0.890. The lowest BCUT2D eigenvalue weighted by atomic mass is 10.2. The number of halogens is 1. The predicted molar refractivity (Wildman–Crippen MR) is 64.4 cm³/mol. The Morgan fingerprint density at radius 1 is 1.20 bits per heavy atom. The highest BCUT2D eigenvalue weighted by Gasteiger charge is 2.06. The van der Waals surface area contributed by atoms with Crippen molar-refractivity contribution in [2.75, 3.05) is 7.05 Å². The molecule has 1 aromatic rings. The van der Waals surface area contributed by atoms with E-state index in [0.29, 0.717) is 12.6 Å². The van der Waals surface area contributed by atoms with Crippen LogP contribution < -0.4 is 0 Å². The Bertz CT molecular complexity index is 271. The van der Waals surface area contributed by atoms with Gasteiger partial charge in [-0.05, 0) is 27.0 Å². The number of nitrogens with zero attached hydrogens (tertiary/aromatic N) is 1. The lowest BCUT2D eigenvalue weighted by molar-refractivity contribution is 0.262. The van der Waals surface area contributed by atoms with Gasteiger partial charge in [-0.15, -0.1) is 0 Å². The summed E-state index contributed by atoms with van der Waals surface area (Å²) in [7, 11) is 2.00. The van der Waals surface area contributed by atoms with Crippen molar-refractivity contribution in [3.63, 3.8) is 0 Å². The maximum atomic E-state index is 13.2. The molecule has 0 aromatic heterocycles. The Labute approximate surface area is 92.9 Å². The molecule has 86 valence electrons. The van der Waals surface area contributed by atoms with Crippen LogP contribution in [0.1, 0.15) is 33.3 Å². The summed E-state index contributed by atoms with van der Waals surface area (Å²) < 4.78 is 13.2. The van der Waals surface area contributed by atoms with E-state index in [1.807, 2.05) is 33.0 Å². The number of hydrogen-bond acceptors (Lipinski definition) is 1. The van der Waals surface area contributed by atoms with Gasteiger partial charge in [0.05, 0.1) is 0 Å². The van der Waals surface area contributed by atoms with Crippen LogP contribution in [0.15, 0.2) is 24.3 Å². The van der Waals surface area contributed by atoms with Crippen LogP contribution in [0.25, 0.3) is 0 Å². The number of hydrogen-bond donors (Lipinski definition) is 0. The second-order valence-corrected chi connectivity index (χ2v) is 3.60. The van der Waals surface area contributed by atoms with Crippen molar-refractivity contribution in [1.29, 1.82) is 0 Å². The predicted octanol–water partition coefficient (Wildman–Crippen LogP) is 3.69. The molecular weight excluding hydrogens is 189 g/mol. The van der Waals surface area contributed by atoms with Crippen LogP contribution in [0.4, 0.5) is 4.39 Å². The molecule has 0 N–H and O–H groups in total. The Kier molecular flexibility index (Phi) is 6.97. The van der Waals surface area contributed by atoms with E-state index in [4.69, 9.17) is 0 Å². The van der Waals surface area contributed by atoms with Crippen molar-refractivity contribution in [1.82, 2.24) is 4.90 Å². The van der Waals surface area contributed by atoms with E-state index in [0.717, 1.165) is 5.56 Å². The average molecular weight is 211 g/mol. The van der Waals surface area contributed by atoms with Gasteiger partial charge in [-0.25, -0.2) is 4.39 Å². The summed E-state index contributed by atoms with van der Waals surface area (Å²) in [5, 5.41) is 0. The molecule has 0 atom stereocenters. The summed E-state index contributed by atoms with van der Waals surface area (Å²) in [5.41, 5.74) is 0.763. The van der Waals surface area contributed by atoms with E-state index in [9.17, 15) is 4.39 Å². The van der Waals surface area contributed by atoms with Gasteiger partial charge in [-0.1, -0.05) is 32.0 Å². The van der Waals surface area contributed by atoms with Crippen molar-refractivity contribution in [3.8, 4) is 0 Å². The molecule has 0 saturated heterocycles. The monoisotopic (exact) mass is 211 g/mol. The summed E-state index contributed by atoms with van der Waals surface area (Å²) in [6, 6.07) is 7.36. The van der Waals surface area contributed by atoms with E-state index in [-0.39, 0.29) is 5.82 Å².